The highest BCUT2D eigenvalue weighted by molar-refractivity contribution is 5.69. The average molecular weight is 174 g/mol. The van der Waals surface area contributed by atoms with E-state index in [2.05, 4.69) is 0 Å². The Bertz CT molecular complexity index is 164. The van der Waals surface area contributed by atoms with Gasteiger partial charge in [-0.25, -0.2) is 0 Å². The minimum atomic E-state index is -0.821. The molecule has 12 heavy (non-hydrogen) atoms. The minimum Gasteiger partial charge on any atom is -0.481 e. The Morgan fingerprint density at radius 1 is 1.25 bits per heavy atom. The topological polar surface area (TPSA) is 74.6 Å². The van der Waals surface area contributed by atoms with E-state index in [0.29, 0.717) is 19.3 Å². The maximum absolute atomic E-state index is 10.3. The molecule has 0 radical (unpaired) electrons. The SMILES string of the molecule is C[C@H](CCCCC(=O)O)C(=O)O. The molecule has 0 aliphatic heterocycles. The number of unbranched alkanes of at least 4 members (excludes halogenated alkanes) is 1. The fourth-order valence-electron chi connectivity index (χ4n) is 0.850. The van der Waals surface area contributed by atoms with Gasteiger partial charge in [-0.3, -0.25) is 9.59 Å². The predicted molar refractivity (Wildman–Crippen MR) is 42.9 cm³/mol. The van der Waals surface area contributed by atoms with E-state index in [-0.39, 0.29) is 12.3 Å². The van der Waals surface area contributed by atoms with Crippen molar-refractivity contribution < 1.29 is 19.8 Å². The van der Waals surface area contributed by atoms with Gasteiger partial charge >= 0.3 is 11.9 Å². The molecule has 0 fully saturated rings. The van der Waals surface area contributed by atoms with Crippen LogP contribution in [0.1, 0.15) is 32.6 Å². The summed E-state index contributed by atoms with van der Waals surface area (Å²) in [5, 5.41) is 16.7. The second-order valence-corrected chi connectivity index (χ2v) is 2.88. The molecule has 0 aromatic heterocycles. The van der Waals surface area contributed by atoms with Crippen molar-refractivity contribution in [2.75, 3.05) is 0 Å². The van der Waals surface area contributed by atoms with E-state index in [4.69, 9.17) is 10.2 Å². The first kappa shape index (κ1) is 10.9. The van der Waals surface area contributed by atoms with Crippen molar-refractivity contribution in [3.8, 4) is 0 Å². The van der Waals surface area contributed by atoms with Crippen LogP contribution in [0.15, 0.2) is 0 Å². The molecule has 0 amide bonds. The Morgan fingerprint density at radius 3 is 2.25 bits per heavy atom. The quantitative estimate of drug-likeness (QED) is 0.596. The van der Waals surface area contributed by atoms with Crippen LogP contribution in [-0.4, -0.2) is 22.2 Å². The van der Waals surface area contributed by atoms with E-state index in [1.807, 2.05) is 0 Å². The summed E-state index contributed by atoms with van der Waals surface area (Å²) in [5.74, 6) is -2.00. The summed E-state index contributed by atoms with van der Waals surface area (Å²) in [6.07, 6.45) is 1.92. The molecule has 2 N–H and O–H groups in total. The normalized spacial score (nSPS) is 12.4. The Labute approximate surface area is 71.2 Å². The van der Waals surface area contributed by atoms with E-state index < -0.39 is 11.9 Å². The van der Waals surface area contributed by atoms with Gasteiger partial charge in [0.25, 0.3) is 0 Å². The van der Waals surface area contributed by atoms with E-state index in [0.717, 1.165) is 0 Å². The lowest BCUT2D eigenvalue weighted by Crippen LogP contribution is -2.09. The molecular formula is C8H14O4. The Morgan fingerprint density at radius 2 is 1.83 bits per heavy atom. The molecule has 70 valence electrons. The van der Waals surface area contributed by atoms with Gasteiger partial charge in [0.2, 0.25) is 0 Å². The zero-order valence-corrected chi connectivity index (χ0v) is 7.12. The van der Waals surface area contributed by atoms with Crippen LogP contribution in [0, 0.1) is 5.92 Å². The molecular weight excluding hydrogens is 160 g/mol. The van der Waals surface area contributed by atoms with Crippen molar-refractivity contribution in [3.05, 3.63) is 0 Å². The molecule has 0 aliphatic rings. The molecule has 4 nitrogen and oxygen atoms in total. The molecule has 0 bridgehead atoms. The van der Waals surface area contributed by atoms with Crippen LogP contribution < -0.4 is 0 Å². The first-order chi connectivity index (χ1) is 5.54. The van der Waals surface area contributed by atoms with Crippen LogP contribution in [-0.2, 0) is 9.59 Å². The number of hydrogen-bond donors (Lipinski definition) is 2. The molecule has 0 rings (SSSR count). The molecule has 0 aromatic carbocycles. The number of carboxylic acid groups (broad SMARTS) is 2. The highest BCUT2D eigenvalue weighted by Crippen LogP contribution is 2.08. The van der Waals surface area contributed by atoms with E-state index in [1.54, 1.807) is 6.92 Å². The third kappa shape index (κ3) is 5.70. The average Bonchev–Trinajstić information content (AvgIpc) is 1.97. The van der Waals surface area contributed by atoms with Crippen LogP contribution in [0.2, 0.25) is 0 Å². The molecule has 1 atom stereocenters. The molecule has 0 saturated carbocycles. The van der Waals surface area contributed by atoms with Gasteiger partial charge in [-0.15, -0.1) is 0 Å². The predicted octanol–water partition coefficient (Wildman–Crippen LogP) is 1.35. The maximum atomic E-state index is 10.3. The number of carboxylic acids is 2. The first-order valence-electron chi connectivity index (χ1n) is 3.98. The summed E-state index contributed by atoms with van der Waals surface area (Å²) >= 11 is 0. The summed E-state index contributed by atoms with van der Waals surface area (Å²) in [4.78, 5) is 20.4. The zero-order chi connectivity index (χ0) is 9.56. The van der Waals surface area contributed by atoms with Crippen LogP contribution in [0.3, 0.4) is 0 Å². The smallest absolute Gasteiger partial charge is 0.306 e. The fraction of sp³-hybridized carbons (Fsp3) is 0.750. The minimum absolute atomic E-state index is 0.131. The second-order valence-electron chi connectivity index (χ2n) is 2.88. The third-order valence-electron chi connectivity index (χ3n) is 1.70. The van der Waals surface area contributed by atoms with Gasteiger partial charge in [0.15, 0.2) is 0 Å². The third-order valence-corrected chi connectivity index (χ3v) is 1.70. The number of hydrogen-bond acceptors (Lipinski definition) is 2. The van der Waals surface area contributed by atoms with Gasteiger partial charge in [0.1, 0.15) is 0 Å². The molecule has 0 aromatic rings. The van der Waals surface area contributed by atoms with Crippen LogP contribution in [0.4, 0.5) is 0 Å². The standard InChI is InChI=1S/C8H14O4/c1-6(8(11)12)4-2-3-5-7(9)10/h6H,2-5H2,1H3,(H,9,10)(H,11,12)/t6-/m1/s1. The highest BCUT2D eigenvalue weighted by atomic mass is 16.4. The first-order valence-corrected chi connectivity index (χ1v) is 3.98. The summed E-state index contributed by atoms with van der Waals surface area (Å²) < 4.78 is 0. The zero-order valence-electron chi connectivity index (χ0n) is 7.12. The lowest BCUT2D eigenvalue weighted by Gasteiger charge is -2.03. The van der Waals surface area contributed by atoms with Crippen molar-refractivity contribution in [1.29, 1.82) is 0 Å². The maximum Gasteiger partial charge on any atom is 0.306 e. The Kier molecular flexibility index (Phi) is 5.08. The van der Waals surface area contributed by atoms with Crippen molar-refractivity contribution in [3.63, 3.8) is 0 Å². The molecule has 0 saturated heterocycles. The lowest BCUT2D eigenvalue weighted by molar-refractivity contribution is -0.141. The number of aliphatic carboxylic acids is 2. The monoisotopic (exact) mass is 174 g/mol. The van der Waals surface area contributed by atoms with Gasteiger partial charge in [-0.2, -0.15) is 0 Å². The summed E-state index contributed by atoms with van der Waals surface area (Å²) in [6, 6.07) is 0. The van der Waals surface area contributed by atoms with E-state index in [9.17, 15) is 9.59 Å². The fourth-order valence-corrected chi connectivity index (χ4v) is 0.850. The van der Waals surface area contributed by atoms with Crippen LogP contribution in [0.25, 0.3) is 0 Å². The van der Waals surface area contributed by atoms with Gasteiger partial charge in [-0.05, 0) is 12.8 Å². The number of carbonyl (C=O) groups is 2. The van der Waals surface area contributed by atoms with Gasteiger partial charge in [0, 0.05) is 6.42 Å². The van der Waals surface area contributed by atoms with Crippen molar-refractivity contribution in [2.24, 2.45) is 5.92 Å². The molecule has 0 heterocycles. The molecule has 0 unspecified atom stereocenters. The molecule has 0 spiro atoms. The second kappa shape index (κ2) is 5.57. The summed E-state index contributed by atoms with van der Waals surface area (Å²) in [7, 11) is 0. The largest absolute Gasteiger partial charge is 0.481 e. The van der Waals surface area contributed by atoms with Crippen LogP contribution in [0.5, 0.6) is 0 Å². The molecule has 4 heteroatoms. The van der Waals surface area contributed by atoms with Crippen molar-refractivity contribution in [2.45, 2.75) is 32.6 Å². The summed E-state index contributed by atoms with van der Waals surface area (Å²) in [5.41, 5.74) is 0. The van der Waals surface area contributed by atoms with Gasteiger partial charge < -0.3 is 10.2 Å². The van der Waals surface area contributed by atoms with Gasteiger partial charge in [0.05, 0.1) is 5.92 Å². The van der Waals surface area contributed by atoms with E-state index in [1.165, 1.54) is 0 Å². The lowest BCUT2D eigenvalue weighted by atomic mass is 10.0. The Hall–Kier alpha value is -1.06. The number of rotatable bonds is 6. The van der Waals surface area contributed by atoms with Crippen molar-refractivity contribution in [1.82, 2.24) is 0 Å². The van der Waals surface area contributed by atoms with E-state index >= 15 is 0 Å². The van der Waals surface area contributed by atoms with Gasteiger partial charge in [-0.1, -0.05) is 13.3 Å². The molecule has 0 aliphatic carbocycles. The Balaban J connectivity index is 3.31. The highest BCUT2D eigenvalue weighted by Gasteiger charge is 2.09. The van der Waals surface area contributed by atoms with Crippen molar-refractivity contribution >= 4 is 11.9 Å². The van der Waals surface area contributed by atoms with Crippen LogP contribution >= 0.6 is 0 Å². The summed E-state index contributed by atoms with van der Waals surface area (Å²) in [6.45, 7) is 1.63.